The van der Waals surface area contributed by atoms with E-state index in [1.54, 1.807) is 12.5 Å². The van der Waals surface area contributed by atoms with Gasteiger partial charge < -0.3 is 15.2 Å². The van der Waals surface area contributed by atoms with Crippen molar-refractivity contribution in [2.45, 2.75) is 152 Å². The van der Waals surface area contributed by atoms with Crippen LogP contribution in [0.2, 0.25) is 0 Å². The Bertz CT molecular complexity index is 1230. The van der Waals surface area contributed by atoms with E-state index in [2.05, 4.69) is 46.0 Å². The van der Waals surface area contributed by atoms with Crippen molar-refractivity contribution in [3.8, 4) is 5.75 Å². The molecule has 4 aliphatic rings. The third-order valence-electron chi connectivity index (χ3n) is 13.6. The lowest BCUT2D eigenvalue weighted by atomic mass is 9.50. The molecule has 5 nitrogen and oxygen atoms in total. The molecule has 2 N–H and O–H groups in total. The van der Waals surface area contributed by atoms with E-state index in [9.17, 15) is 9.59 Å². The smallest absolute Gasteiger partial charge is 0.306 e. The lowest BCUT2D eigenvalue weighted by molar-refractivity contribution is -0.141. The molecule has 0 saturated heterocycles. The van der Waals surface area contributed by atoms with E-state index >= 15 is 0 Å². The normalized spacial score (nSPS) is 30.8. The molecule has 3 saturated carbocycles. The second-order valence-corrected chi connectivity index (χ2v) is 17.4. The van der Waals surface area contributed by atoms with Gasteiger partial charge in [0.15, 0.2) is 0 Å². The highest BCUT2D eigenvalue weighted by atomic mass is 16.5. The maximum absolute atomic E-state index is 12.5. The van der Waals surface area contributed by atoms with Gasteiger partial charge in [-0.15, -0.1) is 0 Å². The topological polar surface area (TPSA) is 75.6 Å². The van der Waals surface area contributed by atoms with Gasteiger partial charge in [-0.1, -0.05) is 93.2 Å². The third kappa shape index (κ3) is 9.08. The number of allylic oxidation sites excluding steroid dienone is 1. The Morgan fingerprint density at radius 3 is 2.25 bits per heavy atom. The Morgan fingerprint density at radius 2 is 1.65 bits per heavy atom. The summed E-state index contributed by atoms with van der Waals surface area (Å²) in [5.74, 6) is 6.57. The minimum Gasteiger partial charge on any atom is -0.490 e. The molecule has 5 heteroatoms. The Morgan fingerprint density at radius 1 is 0.958 bits per heavy atom. The van der Waals surface area contributed by atoms with Gasteiger partial charge in [0, 0.05) is 17.5 Å². The second-order valence-electron chi connectivity index (χ2n) is 17.4. The van der Waals surface area contributed by atoms with Crippen molar-refractivity contribution in [2.75, 3.05) is 5.32 Å². The average Bonchev–Trinajstić information content (AvgIpc) is 3.50. The minimum absolute atomic E-state index is 0.0704. The number of amides is 1. The Kier molecular flexibility index (Phi) is 13.3. The third-order valence-corrected chi connectivity index (χ3v) is 13.6. The molecule has 1 aromatic carbocycles. The molecule has 1 aromatic rings. The number of rotatable bonds is 12. The van der Waals surface area contributed by atoms with Gasteiger partial charge >= 0.3 is 5.97 Å². The summed E-state index contributed by atoms with van der Waals surface area (Å²) >= 11 is 0. The van der Waals surface area contributed by atoms with Crippen LogP contribution in [-0.2, 0) is 9.59 Å². The number of fused-ring (bicyclic) bond motifs is 5. The van der Waals surface area contributed by atoms with Gasteiger partial charge in [0.2, 0.25) is 5.91 Å². The van der Waals surface area contributed by atoms with Crippen LogP contribution in [0.5, 0.6) is 5.75 Å². The number of carboxylic acid groups (broad SMARTS) is 1. The summed E-state index contributed by atoms with van der Waals surface area (Å²) in [7, 11) is 0. The van der Waals surface area contributed by atoms with E-state index in [0.29, 0.717) is 5.41 Å². The zero-order chi connectivity index (χ0) is 35.2. The van der Waals surface area contributed by atoms with E-state index in [1.807, 2.05) is 45.0 Å². The van der Waals surface area contributed by atoms with Crippen LogP contribution in [0, 0.1) is 58.2 Å². The molecule has 3 fully saturated rings. The number of hydrogen-bond donors (Lipinski definition) is 2. The van der Waals surface area contributed by atoms with Crippen molar-refractivity contribution < 1.29 is 19.4 Å². The average molecular weight is 664 g/mol. The van der Waals surface area contributed by atoms with E-state index in [4.69, 9.17) is 9.84 Å². The molecule has 5 rings (SSSR count). The number of carbonyl (C=O) groups is 2. The lowest BCUT2D eigenvalue weighted by Gasteiger charge is -2.55. The number of anilines is 1. The molecule has 4 aliphatic carbocycles. The summed E-state index contributed by atoms with van der Waals surface area (Å²) in [5.41, 5.74) is 2.54. The first-order valence-corrected chi connectivity index (χ1v) is 19.7. The fourth-order valence-electron chi connectivity index (χ4n) is 9.64. The number of benzene rings is 1. The summed E-state index contributed by atoms with van der Waals surface area (Å²) in [6.45, 7) is 19.5. The van der Waals surface area contributed by atoms with Gasteiger partial charge in [-0.2, -0.15) is 0 Å². The summed E-state index contributed by atoms with van der Waals surface area (Å²) in [6, 6.07) is 8.01. The highest BCUT2D eigenvalue weighted by Crippen LogP contribution is 2.63. The first-order chi connectivity index (χ1) is 22.7. The molecule has 0 radical (unpaired) electrons. The number of aliphatic carboxylic acids is 1. The monoisotopic (exact) mass is 664 g/mol. The van der Waals surface area contributed by atoms with Crippen LogP contribution in [0.1, 0.15) is 146 Å². The predicted molar refractivity (Wildman–Crippen MR) is 199 cm³/mol. The van der Waals surface area contributed by atoms with Crippen molar-refractivity contribution in [2.24, 2.45) is 58.2 Å². The molecule has 1 amide bonds. The molecular weight excluding hydrogens is 594 g/mol. The molecular formula is C43H69NO4. The second kappa shape index (κ2) is 16.6. The zero-order valence-corrected chi connectivity index (χ0v) is 31.9. The van der Waals surface area contributed by atoms with Crippen LogP contribution in [-0.4, -0.2) is 23.1 Å². The van der Waals surface area contributed by atoms with Crippen LogP contribution < -0.4 is 10.1 Å². The number of nitrogens with one attached hydrogen (secondary N) is 1. The van der Waals surface area contributed by atoms with Gasteiger partial charge in [-0.05, 0) is 129 Å². The summed E-state index contributed by atoms with van der Waals surface area (Å²) < 4.78 is 6.54. The van der Waals surface area contributed by atoms with Gasteiger partial charge in [-0.3, -0.25) is 9.59 Å². The SMILES string of the molecule is CCC(C)(C)C(=O)Nc1ccc(OC2CCC3(C)C(=CCC4C5CCC(C(C)CCCC(C)C)C5CCC43)C2)cc1.CCC(C)C(=O)O. The van der Waals surface area contributed by atoms with Crippen LogP contribution in [0.3, 0.4) is 0 Å². The van der Waals surface area contributed by atoms with E-state index in [0.717, 1.165) is 78.5 Å². The highest BCUT2D eigenvalue weighted by Gasteiger charge is 2.54. The maximum Gasteiger partial charge on any atom is 0.306 e. The number of carbonyl (C=O) groups excluding carboxylic acids is 1. The van der Waals surface area contributed by atoms with Crippen molar-refractivity contribution >= 4 is 17.6 Å². The van der Waals surface area contributed by atoms with Crippen molar-refractivity contribution in [1.29, 1.82) is 0 Å². The molecule has 0 spiro atoms. The lowest BCUT2D eigenvalue weighted by Crippen LogP contribution is -2.48. The van der Waals surface area contributed by atoms with Crippen LogP contribution >= 0.6 is 0 Å². The molecule has 48 heavy (non-hydrogen) atoms. The van der Waals surface area contributed by atoms with Crippen molar-refractivity contribution in [1.82, 2.24) is 0 Å². The van der Waals surface area contributed by atoms with Crippen LogP contribution in [0.15, 0.2) is 35.9 Å². The number of carboxylic acids is 1. The largest absolute Gasteiger partial charge is 0.490 e. The molecule has 0 heterocycles. The van der Waals surface area contributed by atoms with Crippen LogP contribution in [0.4, 0.5) is 5.69 Å². The fourth-order valence-corrected chi connectivity index (χ4v) is 9.64. The maximum atomic E-state index is 12.5. The van der Waals surface area contributed by atoms with E-state index < -0.39 is 5.97 Å². The van der Waals surface area contributed by atoms with E-state index in [1.165, 1.54) is 57.8 Å². The van der Waals surface area contributed by atoms with Gasteiger partial charge in [-0.25, -0.2) is 0 Å². The quantitative estimate of drug-likeness (QED) is 0.218. The van der Waals surface area contributed by atoms with Gasteiger partial charge in [0.25, 0.3) is 0 Å². The Balaban J connectivity index is 0.000000671. The van der Waals surface area contributed by atoms with E-state index in [-0.39, 0.29) is 23.3 Å². The molecule has 9 atom stereocenters. The molecule has 0 aromatic heterocycles. The number of hydrogen-bond acceptors (Lipinski definition) is 3. The standard InChI is InChI=1S/C38H59NO2.C5H10O2/c1-8-37(5,6)36(40)39-28-13-15-29(16-14-28)41-30-22-23-38(7)27(24-30)12-17-34-33-19-18-31(32(33)20-21-35(34)38)26(4)11-9-10-25(2)3;1-3-4(2)5(6)7/h12-16,25-26,30-35H,8-11,17-24H2,1-7H3,(H,39,40);4H,3H2,1-2H3,(H,6,7). The molecule has 0 aliphatic heterocycles. The summed E-state index contributed by atoms with van der Waals surface area (Å²) in [5, 5.41) is 11.2. The number of ether oxygens (including phenoxy) is 1. The first-order valence-electron chi connectivity index (χ1n) is 19.7. The van der Waals surface area contributed by atoms with Crippen LogP contribution in [0.25, 0.3) is 0 Å². The Labute approximate surface area is 293 Å². The Hall–Kier alpha value is -2.30. The summed E-state index contributed by atoms with van der Waals surface area (Å²) in [4.78, 5) is 22.5. The zero-order valence-electron chi connectivity index (χ0n) is 31.9. The highest BCUT2D eigenvalue weighted by molar-refractivity contribution is 5.94. The predicted octanol–water partition coefficient (Wildman–Crippen LogP) is 11.6. The van der Waals surface area contributed by atoms with Crippen molar-refractivity contribution in [3.05, 3.63) is 35.9 Å². The molecule has 0 bridgehead atoms. The minimum atomic E-state index is -0.706. The summed E-state index contributed by atoms with van der Waals surface area (Å²) in [6.07, 6.45) is 19.4. The first kappa shape index (κ1) is 38.5. The fraction of sp³-hybridized carbons (Fsp3) is 0.767. The van der Waals surface area contributed by atoms with Gasteiger partial charge in [0.05, 0.1) is 5.92 Å². The van der Waals surface area contributed by atoms with Crippen molar-refractivity contribution in [3.63, 3.8) is 0 Å². The molecule has 9 unspecified atom stereocenters. The van der Waals surface area contributed by atoms with Gasteiger partial charge in [0.1, 0.15) is 11.9 Å². The molecule has 270 valence electrons.